The molecule has 1 N–H and O–H groups in total. The van der Waals surface area contributed by atoms with Gasteiger partial charge in [0.05, 0.1) is 6.04 Å². The van der Waals surface area contributed by atoms with Crippen molar-refractivity contribution in [2.45, 2.75) is 52.0 Å². The zero-order chi connectivity index (χ0) is 13.2. The van der Waals surface area contributed by atoms with Crippen LogP contribution in [0.25, 0.3) is 0 Å². The summed E-state index contributed by atoms with van der Waals surface area (Å²) in [6.07, 6.45) is 11.0. The van der Waals surface area contributed by atoms with Gasteiger partial charge < -0.3 is 5.32 Å². The quantitative estimate of drug-likeness (QED) is 0.882. The predicted octanol–water partition coefficient (Wildman–Crippen LogP) is 3.26. The van der Waals surface area contributed by atoms with Crippen LogP contribution >= 0.6 is 0 Å². The first-order chi connectivity index (χ1) is 9.26. The maximum Gasteiger partial charge on any atom is 0.145 e. The summed E-state index contributed by atoms with van der Waals surface area (Å²) in [5.74, 6) is 3.88. The summed E-state index contributed by atoms with van der Waals surface area (Å²) in [6.45, 7) is 5.20. The Kier molecular flexibility index (Phi) is 3.83. The molecule has 3 heteroatoms. The van der Waals surface area contributed by atoms with Gasteiger partial charge in [0.25, 0.3) is 0 Å². The van der Waals surface area contributed by atoms with Crippen molar-refractivity contribution in [1.29, 1.82) is 0 Å². The molecule has 0 spiro atoms. The van der Waals surface area contributed by atoms with Crippen LogP contribution in [-0.4, -0.2) is 16.5 Å². The molecule has 0 amide bonds. The second kappa shape index (κ2) is 5.58. The Morgan fingerprint density at radius 1 is 1.26 bits per heavy atom. The zero-order valence-corrected chi connectivity index (χ0v) is 12.1. The molecule has 19 heavy (non-hydrogen) atoms. The molecule has 0 aromatic carbocycles. The van der Waals surface area contributed by atoms with Crippen LogP contribution in [0.2, 0.25) is 0 Å². The number of rotatable bonds is 5. The Labute approximate surface area is 116 Å². The molecule has 0 radical (unpaired) electrons. The Morgan fingerprint density at radius 2 is 2.05 bits per heavy atom. The van der Waals surface area contributed by atoms with Gasteiger partial charge in [-0.2, -0.15) is 0 Å². The van der Waals surface area contributed by atoms with Crippen molar-refractivity contribution in [2.24, 2.45) is 17.8 Å². The molecule has 4 unspecified atom stereocenters. The van der Waals surface area contributed by atoms with E-state index in [1.807, 2.05) is 19.3 Å². The van der Waals surface area contributed by atoms with Crippen molar-refractivity contribution in [1.82, 2.24) is 15.3 Å². The SMILES string of the molecule is CCNC(CC1CC2CCC1C2)c1ncc(C)cn1. The first kappa shape index (κ1) is 13.0. The third-order valence-electron chi connectivity index (χ3n) is 4.99. The maximum atomic E-state index is 4.53. The summed E-state index contributed by atoms with van der Waals surface area (Å²) in [5.41, 5.74) is 1.14. The molecule has 0 saturated heterocycles. The molecule has 2 fully saturated rings. The van der Waals surface area contributed by atoms with E-state index in [-0.39, 0.29) is 0 Å². The van der Waals surface area contributed by atoms with Crippen molar-refractivity contribution in [3.8, 4) is 0 Å². The lowest BCUT2D eigenvalue weighted by atomic mass is 9.84. The van der Waals surface area contributed by atoms with Gasteiger partial charge in [-0.3, -0.25) is 0 Å². The van der Waals surface area contributed by atoms with Gasteiger partial charge in [-0.15, -0.1) is 0 Å². The van der Waals surface area contributed by atoms with Gasteiger partial charge in [-0.25, -0.2) is 9.97 Å². The minimum absolute atomic E-state index is 0.343. The molecule has 2 saturated carbocycles. The van der Waals surface area contributed by atoms with E-state index in [4.69, 9.17) is 0 Å². The number of aromatic nitrogens is 2. The average Bonchev–Trinajstić information content (AvgIpc) is 3.01. The molecular formula is C16H25N3. The molecule has 3 rings (SSSR count). The highest BCUT2D eigenvalue weighted by Crippen LogP contribution is 2.50. The topological polar surface area (TPSA) is 37.8 Å². The van der Waals surface area contributed by atoms with Crippen LogP contribution < -0.4 is 5.32 Å². The lowest BCUT2D eigenvalue weighted by molar-refractivity contribution is 0.276. The molecule has 1 aromatic heterocycles. The Hall–Kier alpha value is -0.960. The fourth-order valence-corrected chi connectivity index (χ4v) is 4.08. The van der Waals surface area contributed by atoms with Crippen LogP contribution in [0, 0.1) is 24.7 Å². The standard InChI is InChI=1S/C16H25N3/c1-3-17-15(16-18-9-11(2)10-19-16)8-14-7-12-4-5-13(14)6-12/h9-10,12-15,17H,3-8H2,1-2H3. The van der Waals surface area contributed by atoms with Crippen molar-refractivity contribution in [3.05, 3.63) is 23.8 Å². The lowest BCUT2D eigenvalue weighted by Gasteiger charge is -2.26. The second-order valence-electron chi connectivity index (χ2n) is 6.40. The van der Waals surface area contributed by atoms with E-state index < -0.39 is 0 Å². The van der Waals surface area contributed by atoms with Gasteiger partial charge in [0.1, 0.15) is 5.82 Å². The maximum absolute atomic E-state index is 4.53. The number of hydrogen-bond donors (Lipinski definition) is 1. The van der Waals surface area contributed by atoms with Crippen LogP contribution in [0.15, 0.2) is 12.4 Å². The van der Waals surface area contributed by atoms with Gasteiger partial charge in [-0.05, 0) is 62.5 Å². The molecule has 2 aliphatic carbocycles. The van der Waals surface area contributed by atoms with Crippen LogP contribution in [0.3, 0.4) is 0 Å². The fraction of sp³-hybridized carbons (Fsp3) is 0.750. The molecule has 1 heterocycles. The third-order valence-corrected chi connectivity index (χ3v) is 4.99. The molecule has 4 atom stereocenters. The molecule has 2 bridgehead atoms. The molecule has 104 valence electrons. The largest absolute Gasteiger partial charge is 0.308 e. The van der Waals surface area contributed by atoms with Crippen molar-refractivity contribution >= 4 is 0 Å². The number of fused-ring (bicyclic) bond motifs is 2. The van der Waals surface area contributed by atoms with E-state index in [0.29, 0.717) is 6.04 Å². The number of nitrogens with zero attached hydrogens (tertiary/aromatic N) is 2. The smallest absolute Gasteiger partial charge is 0.145 e. The molecule has 3 nitrogen and oxygen atoms in total. The first-order valence-electron chi connectivity index (χ1n) is 7.78. The van der Waals surface area contributed by atoms with Crippen molar-refractivity contribution in [3.63, 3.8) is 0 Å². The van der Waals surface area contributed by atoms with Crippen molar-refractivity contribution in [2.75, 3.05) is 6.54 Å². The number of nitrogens with one attached hydrogen (secondary N) is 1. The third kappa shape index (κ3) is 2.81. The first-order valence-corrected chi connectivity index (χ1v) is 7.78. The zero-order valence-electron chi connectivity index (χ0n) is 12.1. The Morgan fingerprint density at radius 3 is 2.63 bits per heavy atom. The Bertz CT molecular complexity index is 415. The van der Waals surface area contributed by atoms with Gasteiger partial charge in [0.2, 0.25) is 0 Å². The van der Waals surface area contributed by atoms with E-state index in [1.165, 1.54) is 32.1 Å². The average molecular weight is 259 g/mol. The van der Waals surface area contributed by atoms with Crippen LogP contribution in [0.5, 0.6) is 0 Å². The summed E-state index contributed by atoms with van der Waals surface area (Å²) in [7, 11) is 0. The normalized spacial score (nSPS) is 30.7. The summed E-state index contributed by atoms with van der Waals surface area (Å²) in [6, 6.07) is 0.343. The lowest BCUT2D eigenvalue weighted by Crippen LogP contribution is -2.27. The van der Waals surface area contributed by atoms with E-state index in [1.54, 1.807) is 0 Å². The number of aryl methyl sites for hydroxylation is 1. The summed E-state index contributed by atoms with van der Waals surface area (Å²) < 4.78 is 0. The Balaban J connectivity index is 1.68. The predicted molar refractivity (Wildman–Crippen MR) is 76.7 cm³/mol. The summed E-state index contributed by atoms with van der Waals surface area (Å²) >= 11 is 0. The van der Waals surface area contributed by atoms with E-state index >= 15 is 0 Å². The highest BCUT2D eigenvalue weighted by atomic mass is 15.0. The number of hydrogen-bond acceptors (Lipinski definition) is 3. The van der Waals surface area contributed by atoms with Gasteiger partial charge in [0, 0.05) is 12.4 Å². The minimum Gasteiger partial charge on any atom is -0.308 e. The van der Waals surface area contributed by atoms with Crippen LogP contribution in [-0.2, 0) is 0 Å². The van der Waals surface area contributed by atoms with Crippen LogP contribution in [0.4, 0.5) is 0 Å². The molecular weight excluding hydrogens is 234 g/mol. The monoisotopic (exact) mass is 259 g/mol. The highest BCUT2D eigenvalue weighted by Gasteiger charge is 2.40. The molecule has 1 aromatic rings. The van der Waals surface area contributed by atoms with Crippen molar-refractivity contribution < 1.29 is 0 Å². The van der Waals surface area contributed by atoms with E-state index in [2.05, 4.69) is 22.2 Å². The molecule has 2 aliphatic rings. The molecule has 0 aliphatic heterocycles. The summed E-state index contributed by atoms with van der Waals surface area (Å²) in [4.78, 5) is 9.06. The minimum atomic E-state index is 0.343. The van der Waals surface area contributed by atoms with Gasteiger partial charge in [0.15, 0.2) is 0 Å². The second-order valence-corrected chi connectivity index (χ2v) is 6.40. The van der Waals surface area contributed by atoms with E-state index in [9.17, 15) is 0 Å². The van der Waals surface area contributed by atoms with E-state index in [0.717, 1.165) is 35.7 Å². The van der Waals surface area contributed by atoms with Crippen LogP contribution in [0.1, 0.15) is 56.5 Å². The summed E-state index contributed by atoms with van der Waals surface area (Å²) in [5, 5.41) is 3.58. The van der Waals surface area contributed by atoms with Gasteiger partial charge in [-0.1, -0.05) is 13.3 Å². The highest BCUT2D eigenvalue weighted by molar-refractivity contribution is 5.05. The van der Waals surface area contributed by atoms with Gasteiger partial charge >= 0.3 is 0 Å². The fourth-order valence-electron chi connectivity index (χ4n) is 4.08.